The number of carbonyl (C=O) groups is 1. The predicted molar refractivity (Wildman–Crippen MR) is 49.8 cm³/mol. The van der Waals surface area contributed by atoms with Gasteiger partial charge in [-0.1, -0.05) is 6.07 Å². The maximum Gasteiger partial charge on any atom is 0.129 e. The van der Waals surface area contributed by atoms with Crippen LogP contribution in [0.1, 0.15) is 12.5 Å². The number of benzene rings is 1. The Hall–Kier alpha value is -1.38. The fourth-order valence-electron chi connectivity index (χ4n) is 1.61. The molecule has 1 aliphatic rings. The van der Waals surface area contributed by atoms with Gasteiger partial charge in [-0.2, -0.15) is 0 Å². The quantitative estimate of drug-likeness (QED) is 0.639. The molecule has 1 aliphatic heterocycles. The van der Waals surface area contributed by atoms with Crippen molar-refractivity contribution in [2.75, 3.05) is 6.61 Å². The van der Waals surface area contributed by atoms with Crippen LogP contribution in [0.25, 0.3) is 0 Å². The van der Waals surface area contributed by atoms with E-state index in [1.54, 1.807) is 6.07 Å². The minimum atomic E-state index is -0.467. The number of hydrogen-bond acceptors (Lipinski definition) is 2. The molecular formula is C11H11FO2. The highest BCUT2D eigenvalue weighted by Gasteiger charge is 2.31. The highest BCUT2D eigenvalue weighted by atomic mass is 19.1. The van der Waals surface area contributed by atoms with Gasteiger partial charge in [-0.3, -0.25) is 0 Å². The summed E-state index contributed by atoms with van der Waals surface area (Å²) >= 11 is 0. The number of rotatable bonds is 1. The monoisotopic (exact) mass is 194 g/mol. The van der Waals surface area contributed by atoms with E-state index >= 15 is 0 Å². The van der Waals surface area contributed by atoms with E-state index in [0.717, 1.165) is 11.8 Å². The number of carbonyl (C=O) groups excluding carboxylic acids is 1. The van der Waals surface area contributed by atoms with Crippen molar-refractivity contribution in [3.63, 3.8) is 0 Å². The van der Waals surface area contributed by atoms with Gasteiger partial charge >= 0.3 is 0 Å². The summed E-state index contributed by atoms with van der Waals surface area (Å²) in [4.78, 5) is 10.8. The second-order valence-corrected chi connectivity index (χ2v) is 3.99. The third-order valence-corrected chi connectivity index (χ3v) is 2.47. The lowest BCUT2D eigenvalue weighted by Crippen LogP contribution is -2.33. The average molecular weight is 194 g/mol. The van der Waals surface area contributed by atoms with Crippen molar-refractivity contribution >= 4 is 6.29 Å². The highest BCUT2D eigenvalue weighted by molar-refractivity contribution is 5.61. The van der Waals surface area contributed by atoms with Gasteiger partial charge in [0.25, 0.3) is 0 Å². The fraction of sp³-hybridized carbons (Fsp3) is 0.364. The Morgan fingerprint density at radius 3 is 3.07 bits per heavy atom. The molecular weight excluding hydrogens is 183 g/mol. The van der Waals surface area contributed by atoms with Crippen molar-refractivity contribution in [1.29, 1.82) is 0 Å². The maximum absolute atomic E-state index is 12.8. The van der Waals surface area contributed by atoms with Gasteiger partial charge in [0.15, 0.2) is 0 Å². The molecule has 0 saturated carbocycles. The van der Waals surface area contributed by atoms with Crippen molar-refractivity contribution in [2.45, 2.75) is 13.3 Å². The molecule has 74 valence electrons. The summed E-state index contributed by atoms with van der Waals surface area (Å²) in [6.45, 7) is 2.17. The van der Waals surface area contributed by atoms with E-state index in [1.165, 1.54) is 12.1 Å². The molecule has 1 aromatic rings. The molecule has 0 aliphatic carbocycles. The molecule has 1 atom stereocenters. The van der Waals surface area contributed by atoms with Gasteiger partial charge in [0.05, 0.1) is 5.41 Å². The summed E-state index contributed by atoms with van der Waals surface area (Å²) in [5.74, 6) is 0.253. The van der Waals surface area contributed by atoms with Gasteiger partial charge in [0.2, 0.25) is 0 Å². The van der Waals surface area contributed by atoms with Crippen LogP contribution in [-0.2, 0) is 11.2 Å². The zero-order valence-electron chi connectivity index (χ0n) is 7.92. The number of hydrogen-bond donors (Lipinski definition) is 0. The maximum atomic E-state index is 12.8. The first-order valence-corrected chi connectivity index (χ1v) is 4.50. The molecule has 0 radical (unpaired) electrons. The summed E-state index contributed by atoms with van der Waals surface area (Å²) in [5.41, 5.74) is 0.428. The van der Waals surface area contributed by atoms with Gasteiger partial charge in [-0.05, 0) is 25.0 Å². The summed E-state index contributed by atoms with van der Waals surface area (Å²) in [7, 11) is 0. The first-order chi connectivity index (χ1) is 6.63. The largest absolute Gasteiger partial charge is 0.492 e. The van der Waals surface area contributed by atoms with Crippen LogP contribution in [0.3, 0.4) is 0 Å². The highest BCUT2D eigenvalue weighted by Crippen LogP contribution is 2.33. The van der Waals surface area contributed by atoms with Crippen LogP contribution in [-0.4, -0.2) is 12.9 Å². The third-order valence-electron chi connectivity index (χ3n) is 2.47. The van der Waals surface area contributed by atoms with E-state index in [1.807, 2.05) is 6.92 Å². The molecule has 0 N–H and O–H groups in total. The molecule has 1 unspecified atom stereocenters. The van der Waals surface area contributed by atoms with Gasteiger partial charge in [0, 0.05) is 6.07 Å². The summed E-state index contributed by atoms with van der Waals surface area (Å²) in [5, 5.41) is 0. The lowest BCUT2D eigenvalue weighted by molar-refractivity contribution is -0.117. The van der Waals surface area contributed by atoms with Gasteiger partial charge in [-0.25, -0.2) is 4.39 Å². The van der Waals surface area contributed by atoms with Gasteiger partial charge < -0.3 is 9.53 Å². The Morgan fingerprint density at radius 1 is 1.57 bits per heavy atom. The third kappa shape index (κ3) is 1.50. The Morgan fingerprint density at radius 2 is 2.36 bits per heavy atom. The van der Waals surface area contributed by atoms with E-state index in [2.05, 4.69) is 0 Å². The molecule has 0 saturated heterocycles. The predicted octanol–water partition coefficient (Wildman–Crippen LogP) is 1.97. The molecule has 1 aromatic carbocycles. The van der Waals surface area contributed by atoms with Crippen LogP contribution in [0.5, 0.6) is 5.75 Å². The van der Waals surface area contributed by atoms with Crippen LogP contribution in [0.15, 0.2) is 18.2 Å². The number of ether oxygens (including phenoxy) is 1. The minimum absolute atomic E-state index is 0.307. The smallest absolute Gasteiger partial charge is 0.129 e. The summed E-state index contributed by atoms with van der Waals surface area (Å²) < 4.78 is 18.2. The minimum Gasteiger partial charge on any atom is -0.492 e. The zero-order valence-corrected chi connectivity index (χ0v) is 7.92. The molecule has 0 fully saturated rings. The molecule has 2 rings (SSSR count). The van der Waals surface area contributed by atoms with Crippen molar-refractivity contribution < 1.29 is 13.9 Å². The lowest BCUT2D eigenvalue weighted by atomic mass is 9.84. The molecule has 0 amide bonds. The second-order valence-electron chi connectivity index (χ2n) is 3.99. The summed E-state index contributed by atoms with van der Waals surface area (Å²) in [6.07, 6.45) is 1.52. The molecule has 0 bridgehead atoms. The van der Waals surface area contributed by atoms with Crippen LogP contribution < -0.4 is 4.74 Å². The van der Waals surface area contributed by atoms with E-state index in [0.29, 0.717) is 18.8 Å². The normalized spacial score (nSPS) is 25.0. The van der Waals surface area contributed by atoms with Crippen molar-refractivity contribution in [1.82, 2.24) is 0 Å². The van der Waals surface area contributed by atoms with E-state index in [4.69, 9.17) is 4.74 Å². The zero-order chi connectivity index (χ0) is 10.2. The second kappa shape index (κ2) is 3.08. The number of halogens is 1. The molecule has 3 heteroatoms. The average Bonchev–Trinajstić information content (AvgIpc) is 2.19. The van der Waals surface area contributed by atoms with Crippen LogP contribution in [0.4, 0.5) is 4.39 Å². The van der Waals surface area contributed by atoms with E-state index < -0.39 is 5.41 Å². The number of aldehydes is 1. The summed E-state index contributed by atoms with van der Waals surface area (Å²) in [6, 6.07) is 4.42. The molecule has 0 aromatic heterocycles. The topological polar surface area (TPSA) is 26.3 Å². The van der Waals surface area contributed by atoms with Crippen molar-refractivity contribution in [3.8, 4) is 5.75 Å². The molecule has 1 heterocycles. The van der Waals surface area contributed by atoms with Crippen molar-refractivity contribution in [2.24, 2.45) is 5.41 Å². The SMILES string of the molecule is CC1(C=O)COc2cc(F)ccc2C1. The Labute approximate surface area is 81.7 Å². The number of fused-ring (bicyclic) bond motifs is 1. The molecule has 2 nitrogen and oxygen atoms in total. The first kappa shape index (κ1) is 9.19. The van der Waals surface area contributed by atoms with Crippen LogP contribution in [0.2, 0.25) is 0 Å². The Bertz CT molecular complexity index is 376. The van der Waals surface area contributed by atoms with Gasteiger partial charge in [0.1, 0.15) is 24.5 Å². The van der Waals surface area contributed by atoms with Crippen molar-refractivity contribution in [3.05, 3.63) is 29.6 Å². The molecule has 14 heavy (non-hydrogen) atoms. The van der Waals surface area contributed by atoms with Crippen LogP contribution in [0, 0.1) is 11.2 Å². The lowest BCUT2D eigenvalue weighted by Gasteiger charge is -2.29. The standard InChI is InChI=1S/C11H11FO2/c1-11(6-13)5-8-2-3-9(12)4-10(8)14-7-11/h2-4,6H,5,7H2,1H3. The van der Waals surface area contributed by atoms with Crippen LogP contribution >= 0.6 is 0 Å². The van der Waals surface area contributed by atoms with E-state index in [-0.39, 0.29) is 5.82 Å². The Balaban J connectivity index is 2.36. The first-order valence-electron chi connectivity index (χ1n) is 4.50. The van der Waals surface area contributed by atoms with E-state index in [9.17, 15) is 9.18 Å². The fourth-order valence-corrected chi connectivity index (χ4v) is 1.61. The van der Waals surface area contributed by atoms with Gasteiger partial charge in [-0.15, -0.1) is 0 Å². The molecule has 0 spiro atoms. The Kier molecular flexibility index (Phi) is 2.02.